The van der Waals surface area contributed by atoms with Crippen molar-refractivity contribution in [1.29, 1.82) is 0 Å². The van der Waals surface area contributed by atoms with E-state index < -0.39 is 0 Å². The van der Waals surface area contributed by atoms with Gasteiger partial charge in [-0.3, -0.25) is 4.79 Å². The minimum Gasteiger partial charge on any atom is -0.353 e. The van der Waals surface area contributed by atoms with E-state index in [2.05, 4.69) is 5.32 Å². The van der Waals surface area contributed by atoms with Crippen LogP contribution in [0.25, 0.3) is 0 Å². The summed E-state index contributed by atoms with van der Waals surface area (Å²) in [6, 6.07) is 10.6. The summed E-state index contributed by atoms with van der Waals surface area (Å²) in [6.07, 6.45) is 8.57. The number of nitrogens with zero attached hydrogens (tertiary/aromatic N) is 1. The highest BCUT2D eigenvalue weighted by molar-refractivity contribution is 5.80. The summed E-state index contributed by atoms with van der Waals surface area (Å²) in [5.41, 5.74) is 0.479. The summed E-state index contributed by atoms with van der Waals surface area (Å²) in [5, 5.41) is 3.10. The molecular weight excluding hydrogens is 303 g/mol. The van der Waals surface area contributed by atoms with E-state index in [1.165, 1.54) is 6.07 Å². The smallest absolute Gasteiger partial charge is 0.243 e. The Morgan fingerprint density at radius 1 is 1.21 bits per heavy atom. The summed E-state index contributed by atoms with van der Waals surface area (Å²) in [7, 11) is 0. The number of carbonyl (C=O) groups is 1. The summed E-state index contributed by atoms with van der Waals surface area (Å²) in [6.45, 7) is 2.51. The van der Waals surface area contributed by atoms with Crippen LogP contribution in [-0.2, 0) is 10.2 Å². The Morgan fingerprint density at radius 3 is 2.50 bits per heavy atom. The predicted molar refractivity (Wildman–Crippen MR) is 93.3 cm³/mol. The Kier molecular flexibility index (Phi) is 5.03. The number of hydrogen-bond acceptors (Lipinski definition) is 1. The SMILES string of the molecule is CCC(C(=O)NCC1(c2ccccc2F)CCCC1)n1cccc1. The Morgan fingerprint density at radius 2 is 1.88 bits per heavy atom. The highest BCUT2D eigenvalue weighted by atomic mass is 19.1. The third kappa shape index (κ3) is 3.23. The average molecular weight is 328 g/mol. The first-order valence-electron chi connectivity index (χ1n) is 8.81. The van der Waals surface area contributed by atoms with Gasteiger partial charge >= 0.3 is 0 Å². The lowest BCUT2D eigenvalue weighted by Crippen LogP contribution is -2.42. The van der Waals surface area contributed by atoms with Crippen molar-refractivity contribution >= 4 is 5.91 Å². The maximum Gasteiger partial charge on any atom is 0.243 e. The molecule has 1 atom stereocenters. The van der Waals surface area contributed by atoms with Crippen LogP contribution in [0.4, 0.5) is 4.39 Å². The van der Waals surface area contributed by atoms with Gasteiger partial charge in [-0.05, 0) is 43.0 Å². The molecule has 1 heterocycles. The highest BCUT2D eigenvalue weighted by Gasteiger charge is 2.38. The number of nitrogens with one attached hydrogen (secondary N) is 1. The Bertz CT molecular complexity index is 675. The van der Waals surface area contributed by atoms with Gasteiger partial charge in [-0.15, -0.1) is 0 Å². The minimum atomic E-state index is -0.268. The number of amides is 1. The zero-order chi connectivity index (χ0) is 17.0. The molecule has 1 saturated carbocycles. The Hall–Kier alpha value is -2.10. The first-order chi connectivity index (χ1) is 11.7. The van der Waals surface area contributed by atoms with Gasteiger partial charge < -0.3 is 9.88 Å². The number of benzene rings is 1. The summed E-state index contributed by atoms with van der Waals surface area (Å²) in [5.74, 6) is -0.151. The normalized spacial score (nSPS) is 17.6. The molecule has 1 aliphatic carbocycles. The largest absolute Gasteiger partial charge is 0.353 e. The van der Waals surface area contributed by atoms with Gasteiger partial charge in [-0.25, -0.2) is 4.39 Å². The van der Waals surface area contributed by atoms with E-state index >= 15 is 0 Å². The average Bonchev–Trinajstić information content (AvgIpc) is 3.27. The van der Waals surface area contributed by atoms with Crippen molar-refractivity contribution in [2.75, 3.05) is 6.54 Å². The molecule has 1 aliphatic rings. The van der Waals surface area contributed by atoms with Gasteiger partial charge in [0.05, 0.1) is 0 Å². The van der Waals surface area contributed by atoms with Crippen molar-refractivity contribution in [2.24, 2.45) is 0 Å². The molecule has 0 aliphatic heterocycles. The van der Waals surface area contributed by atoms with Crippen LogP contribution in [0.5, 0.6) is 0 Å². The number of halogens is 1. The zero-order valence-electron chi connectivity index (χ0n) is 14.2. The van der Waals surface area contributed by atoms with E-state index in [1.54, 1.807) is 6.07 Å². The third-order valence-electron chi connectivity index (χ3n) is 5.28. The van der Waals surface area contributed by atoms with Crippen LogP contribution < -0.4 is 5.32 Å². The third-order valence-corrected chi connectivity index (χ3v) is 5.28. The lowest BCUT2D eigenvalue weighted by molar-refractivity contribution is -0.124. The van der Waals surface area contributed by atoms with Crippen LogP contribution in [0.1, 0.15) is 50.6 Å². The zero-order valence-corrected chi connectivity index (χ0v) is 14.2. The van der Waals surface area contributed by atoms with Crippen LogP contribution in [0.15, 0.2) is 48.8 Å². The van der Waals surface area contributed by atoms with Crippen molar-refractivity contribution < 1.29 is 9.18 Å². The molecule has 4 heteroatoms. The summed E-state index contributed by atoms with van der Waals surface area (Å²) in [4.78, 5) is 12.7. The number of hydrogen-bond donors (Lipinski definition) is 1. The fourth-order valence-corrected chi connectivity index (χ4v) is 3.95. The van der Waals surface area contributed by atoms with E-state index in [0.717, 1.165) is 37.7 Å². The molecule has 1 fully saturated rings. The monoisotopic (exact) mass is 328 g/mol. The van der Waals surface area contributed by atoms with Gasteiger partial charge in [-0.2, -0.15) is 0 Å². The molecule has 1 unspecified atom stereocenters. The van der Waals surface area contributed by atoms with Crippen LogP contribution in [0, 0.1) is 5.82 Å². The van der Waals surface area contributed by atoms with Gasteiger partial charge in [-0.1, -0.05) is 38.0 Å². The van der Waals surface area contributed by atoms with Crippen molar-refractivity contribution in [2.45, 2.75) is 50.5 Å². The van der Waals surface area contributed by atoms with Crippen LogP contribution >= 0.6 is 0 Å². The van der Waals surface area contributed by atoms with Crippen molar-refractivity contribution in [3.05, 3.63) is 60.2 Å². The molecule has 1 amide bonds. The lowest BCUT2D eigenvalue weighted by atomic mass is 9.78. The summed E-state index contributed by atoms with van der Waals surface area (Å²) < 4.78 is 16.3. The molecule has 3 rings (SSSR count). The molecule has 1 aromatic heterocycles. The van der Waals surface area contributed by atoms with E-state index in [0.29, 0.717) is 6.54 Å². The predicted octanol–water partition coefficient (Wildman–Crippen LogP) is 4.21. The van der Waals surface area contributed by atoms with Gasteiger partial charge in [0.1, 0.15) is 11.9 Å². The molecule has 3 nitrogen and oxygen atoms in total. The number of aromatic nitrogens is 1. The highest BCUT2D eigenvalue weighted by Crippen LogP contribution is 2.41. The van der Waals surface area contributed by atoms with E-state index in [-0.39, 0.29) is 23.2 Å². The summed E-state index contributed by atoms with van der Waals surface area (Å²) >= 11 is 0. The fourth-order valence-electron chi connectivity index (χ4n) is 3.95. The second kappa shape index (κ2) is 7.20. The van der Waals surface area contributed by atoms with Crippen molar-refractivity contribution in [3.63, 3.8) is 0 Å². The lowest BCUT2D eigenvalue weighted by Gasteiger charge is -2.31. The van der Waals surface area contributed by atoms with Crippen LogP contribution in [-0.4, -0.2) is 17.0 Å². The van der Waals surface area contributed by atoms with E-state index in [4.69, 9.17) is 0 Å². The molecule has 1 N–H and O–H groups in total. The maximum atomic E-state index is 14.3. The molecule has 128 valence electrons. The Labute approximate surface area is 142 Å². The molecule has 1 aromatic carbocycles. The van der Waals surface area contributed by atoms with Gasteiger partial charge in [0.15, 0.2) is 0 Å². The standard InChI is InChI=1S/C20H25FN2O/c1-2-18(23-13-7-8-14-23)19(24)22-15-20(11-5-6-12-20)16-9-3-4-10-17(16)21/h3-4,7-10,13-14,18H,2,5-6,11-12,15H2,1H3,(H,22,24). The molecule has 0 bridgehead atoms. The first kappa shape index (κ1) is 16.7. The first-order valence-corrected chi connectivity index (χ1v) is 8.81. The maximum absolute atomic E-state index is 14.3. The van der Waals surface area contributed by atoms with Crippen LogP contribution in [0.3, 0.4) is 0 Å². The molecule has 0 radical (unpaired) electrons. The van der Waals surface area contributed by atoms with Gasteiger partial charge in [0, 0.05) is 24.4 Å². The van der Waals surface area contributed by atoms with Gasteiger partial charge in [0.2, 0.25) is 5.91 Å². The number of carbonyl (C=O) groups excluding carboxylic acids is 1. The number of rotatable bonds is 6. The van der Waals surface area contributed by atoms with E-state index in [9.17, 15) is 9.18 Å². The molecule has 2 aromatic rings. The van der Waals surface area contributed by atoms with Crippen molar-refractivity contribution in [3.8, 4) is 0 Å². The molecular formula is C20H25FN2O. The van der Waals surface area contributed by atoms with Gasteiger partial charge in [0.25, 0.3) is 0 Å². The molecule has 0 saturated heterocycles. The van der Waals surface area contributed by atoms with E-state index in [1.807, 2.05) is 48.1 Å². The topological polar surface area (TPSA) is 34.0 Å². The second-order valence-electron chi connectivity index (χ2n) is 6.74. The fraction of sp³-hybridized carbons (Fsp3) is 0.450. The molecule has 24 heavy (non-hydrogen) atoms. The molecule has 0 spiro atoms. The second-order valence-corrected chi connectivity index (χ2v) is 6.74. The Balaban J connectivity index is 1.75. The minimum absolute atomic E-state index is 0.0105. The van der Waals surface area contributed by atoms with Crippen molar-refractivity contribution in [1.82, 2.24) is 9.88 Å². The van der Waals surface area contributed by atoms with Crippen LogP contribution in [0.2, 0.25) is 0 Å². The quantitative estimate of drug-likeness (QED) is 0.847.